The molecule has 1 aromatic heterocycles. The van der Waals surface area contributed by atoms with Crippen molar-refractivity contribution >= 4 is 34.0 Å². The molecule has 0 unspecified atom stereocenters. The Bertz CT molecular complexity index is 374. The number of hydrogen-bond acceptors (Lipinski definition) is 4. The molecule has 0 aromatic carbocycles. The molecule has 0 atom stereocenters. The summed E-state index contributed by atoms with van der Waals surface area (Å²) >= 11 is 6.80. The minimum absolute atomic E-state index is 0.0768. The summed E-state index contributed by atoms with van der Waals surface area (Å²) in [6.45, 7) is 0. The van der Waals surface area contributed by atoms with Crippen LogP contribution in [-0.2, 0) is 0 Å². The van der Waals surface area contributed by atoms with Gasteiger partial charge in [0, 0.05) is 6.04 Å². The highest BCUT2D eigenvalue weighted by Gasteiger charge is 2.19. The summed E-state index contributed by atoms with van der Waals surface area (Å²) in [6, 6.07) is 0.425. The second-order valence-electron chi connectivity index (χ2n) is 3.57. The number of carboxylic acid groups (broad SMARTS) is 1. The largest absolute Gasteiger partial charge is 0.477 e. The number of anilines is 1. The van der Waals surface area contributed by atoms with Crippen molar-refractivity contribution < 1.29 is 9.90 Å². The summed E-state index contributed by atoms with van der Waals surface area (Å²) in [5.41, 5.74) is 0. The lowest BCUT2D eigenvalue weighted by atomic mass is 10.3. The number of thiazole rings is 1. The molecule has 0 aliphatic heterocycles. The van der Waals surface area contributed by atoms with Crippen molar-refractivity contribution in [3.8, 4) is 0 Å². The van der Waals surface area contributed by atoms with Gasteiger partial charge in [-0.15, -0.1) is 0 Å². The SMILES string of the molecule is O=C(O)c1sc(NC2CCCC2)nc1Cl. The fraction of sp³-hybridized carbons (Fsp3) is 0.556. The molecular weight excluding hydrogens is 236 g/mol. The zero-order valence-corrected chi connectivity index (χ0v) is 9.57. The van der Waals surface area contributed by atoms with E-state index in [2.05, 4.69) is 10.3 Å². The topological polar surface area (TPSA) is 62.2 Å². The molecule has 6 heteroatoms. The zero-order valence-electron chi connectivity index (χ0n) is 7.99. The van der Waals surface area contributed by atoms with Crippen LogP contribution in [0, 0.1) is 0 Å². The number of aromatic carboxylic acids is 1. The van der Waals surface area contributed by atoms with Gasteiger partial charge in [0.1, 0.15) is 0 Å². The highest BCUT2D eigenvalue weighted by Crippen LogP contribution is 2.29. The molecule has 0 spiro atoms. The molecule has 1 aliphatic carbocycles. The van der Waals surface area contributed by atoms with Crippen molar-refractivity contribution in [1.82, 2.24) is 4.98 Å². The average Bonchev–Trinajstić information content (AvgIpc) is 2.75. The molecule has 4 nitrogen and oxygen atoms in total. The highest BCUT2D eigenvalue weighted by atomic mass is 35.5. The number of hydrogen-bond donors (Lipinski definition) is 2. The van der Waals surface area contributed by atoms with Gasteiger partial charge in [0.25, 0.3) is 0 Å². The lowest BCUT2D eigenvalue weighted by molar-refractivity contribution is 0.0702. The molecule has 1 heterocycles. The van der Waals surface area contributed by atoms with E-state index in [1.54, 1.807) is 0 Å². The first-order valence-corrected chi connectivity index (χ1v) is 6.02. The van der Waals surface area contributed by atoms with Crippen LogP contribution in [0.1, 0.15) is 35.4 Å². The summed E-state index contributed by atoms with van der Waals surface area (Å²) < 4.78 is 0. The van der Waals surface area contributed by atoms with Crippen LogP contribution >= 0.6 is 22.9 Å². The van der Waals surface area contributed by atoms with Gasteiger partial charge in [-0.25, -0.2) is 9.78 Å². The van der Waals surface area contributed by atoms with E-state index < -0.39 is 5.97 Å². The van der Waals surface area contributed by atoms with E-state index in [1.807, 2.05) is 0 Å². The third-order valence-corrected chi connectivity index (χ3v) is 3.82. The smallest absolute Gasteiger partial charge is 0.349 e. The summed E-state index contributed by atoms with van der Waals surface area (Å²) in [5, 5.41) is 12.7. The molecule has 1 saturated carbocycles. The van der Waals surface area contributed by atoms with Crippen molar-refractivity contribution in [2.24, 2.45) is 0 Å². The van der Waals surface area contributed by atoms with Gasteiger partial charge in [0.15, 0.2) is 15.2 Å². The Morgan fingerprint density at radius 2 is 2.20 bits per heavy atom. The second-order valence-corrected chi connectivity index (χ2v) is 4.93. The van der Waals surface area contributed by atoms with Crippen molar-refractivity contribution in [2.45, 2.75) is 31.7 Å². The maximum atomic E-state index is 10.7. The minimum atomic E-state index is -1.02. The Kier molecular flexibility index (Phi) is 3.11. The van der Waals surface area contributed by atoms with Gasteiger partial charge in [-0.1, -0.05) is 35.8 Å². The molecule has 0 amide bonds. The molecule has 15 heavy (non-hydrogen) atoms. The average molecular weight is 247 g/mol. The van der Waals surface area contributed by atoms with Crippen LogP contribution in [0.4, 0.5) is 5.13 Å². The molecule has 1 aromatic rings. The molecule has 2 N–H and O–H groups in total. The quantitative estimate of drug-likeness (QED) is 0.861. The highest BCUT2D eigenvalue weighted by molar-refractivity contribution is 7.18. The standard InChI is InChI=1S/C9H11ClN2O2S/c10-7-6(8(13)14)15-9(12-7)11-5-3-1-2-4-5/h5H,1-4H2,(H,11,12)(H,13,14). The molecule has 82 valence electrons. The van der Waals surface area contributed by atoms with Gasteiger partial charge < -0.3 is 10.4 Å². The number of halogens is 1. The van der Waals surface area contributed by atoms with Crippen LogP contribution in [-0.4, -0.2) is 22.1 Å². The van der Waals surface area contributed by atoms with E-state index in [0.717, 1.165) is 24.2 Å². The molecule has 0 saturated heterocycles. The van der Waals surface area contributed by atoms with Crippen molar-refractivity contribution in [3.63, 3.8) is 0 Å². The predicted molar refractivity (Wildman–Crippen MR) is 60.0 cm³/mol. The Balaban J connectivity index is 2.08. The van der Waals surface area contributed by atoms with Gasteiger partial charge in [0.05, 0.1) is 0 Å². The fourth-order valence-electron chi connectivity index (χ4n) is 1.74. The zero-order chi connectivity index (χ0) is 10.8. The number of nitrogens with zero attached hydrogens (tertiary/aromatic N) is 1. The van der Waals surface area contributed by atoms with E-state index in [0.29, 0.717) is 11.2 Å². The summed E-state index contributed by atoms with van der Waals surface area (Å²) in [5.74, 6) is -1.02. The lowest BCUT2D eigenvalue weighted by Crippen LogP contribution is -2.13. The molecule has 0 radical (unpaired) electrons. The minimum Gasteiger partial charge on any atom is -0.477 e. The molecule has 1 fully saturated rings. The monoisotopic (exact) mass is 246 g/mol. The van der Waals surface area contributed by atoms with Gasteiger partial charge in [0.2, 0.25) is 0 Å². The van der Waals surface area contributed by atoms with Crippen molar-refractivity contribution in [1.29, 1.82) is 0 Å². The number of nitrogens with one attached hydrogen (secondary N) is 1. The fourth-order valence-corrected chi connectivity index (χ4v) is 2.84. The Morgan fingerprint density at radius 3 is 2.73 bits per heavy atom. The predicted octanol–water partition coefficient (Wildman–Crippen LogP) is 2.85. The van der Waals surface area contributed by atoms with Crippen LogP contribution in [0.15, 0.2) is 0 Å². The van der Waals surface area contributed by atoms with E-state index in [-0.39, 0.29) is 10.0 Å². The van der Waals surface area contributed by atoms with Crippen LogP contribution in [0.2, 0.25) is 5.15 Å². The first-order valence-electron chi connectivity index (χ1n) is 4.83. The van der Waals surface area contributed by atoms with Crippen molar-refractivity contribution in [3.05, 3.63) is 10.0 Å². The van der Waals surface area contributed by atoms with E-state index in [1.165, 1.54) is 12.8 Å². The maximum absolute atomic E-state index is 10.7. The summed E-state index contributed by atoms with van der Waals surface area (Å²) in [4.78, 5) is 14.8. The van der Waals surface area contributed by atoms with Crippen molar-refractivity contribution in [2.75, 3.05) is 5.32 Å². The Morgan fingerprint density at radius 1 is 1.53 bits per heavy atom. The molecule has 1 aliphatic rings. The second kappa shape index (κ2) is 4.37. The van der Waals surface area contributed by atoms with E-state index in [4.69, 9.17) is 16.7 Å². The Hall–Kier alpha value is -0.810. The van der Waals surface area contributed by atoms with Crippen LogP contribution in [0.25, 0.3) is 0 Å². The van der Waals surface area contributed by atoms with Gasteiger partial charge in [-0.3, -0.25) is 0 Å². The molecule has 2 rings (SSSR count). The van der Waals surface area contributed by atoms with Gasteiger partial charge in [-0.05, 0) is 12.8 Å². The summed E-state index contributed by atoms with van der Waals surface area (Å²) in [6.07, 6.45) is 4.70. The van der Waals surface area contributed by atoms with E-state index in [9.17, 15) is 4.79 Å². The number of rotatable bonds is 3. The first kappa shape index (κ1) is 10.7. The van der Waals surface area contributed by atoms with Crippen LogP contribution in [0.5, 0.6) is 0 Å². The molecular formula is C9H11ClN2O2S. The number of carbonyl (C=O) groups is 1. The number of aromatic nitrogens is 1. The Labute approximate surface area is 96.3 Å². The third-order valence-electron chi connectivity index (χ3n) is 2.46. The van der Waals surface area contributed by atoms with E-state index >= 15 is 0 Å². The lowest BCUT2D eigenvalue weighted by Gasteiger charge is -2.09. The summed E-state index contributed by atoms with van der Waals surface area (Å²) in [7, 11) is 0. The third kappa shape index (κ3) is 2.41. The van der Waals surface area contributed by atoms with Crippen LogP contribution < -0.4 is 5.32 Å². The van der Waals surface area contributed by atoms with Gasteiger partial charge in [-0.2, -0.15) is 0 Å². The number of carboxylic acids is 1. The maximum Gasteiger partial charge on any atom is 0.349 e. The normalized spacial score (nSPS) is 16.9. The first-order chi connectivity index (χ1) is 7.16. The molecule has 0 bridgehead atoms. The van der Waals surface area contributed by atoms with Crippen LogP contribution in [0.3, 0.4) is 0 Å². The van der Waals surface area contributed by atoms with Gasteiger partial charge >= 0.3 is 5.97 Å².